The summed E-state index contributed by atoms with van der Waals surface area (Å²) < 4.78 is 9.95. The number of hydrogen-bond donors (Lipinski definition) is 2. The highest BCUT2D eigenvalue weighted by Crippen LogP contribution is 2.28. The van der Waals surface area contributed by atoms with Crippen molar-refractivity contribution in [1.82, 2.24) is 20.3 Å². The van der Waals surface area contributed by atoms with Gasteiger partial charge in [-0.05, 0) is 65.3 Å². The smallest absolute Gasteiger partial charge is 0.228 e. The fraction of sp³-hybridized carbons (Fsp3) is 0.100. The van der Waals surface area contributed by atoms with E-state index in [9.17, 15) is 0 Å². The summed E-state index contributed by atoms with van der Waals surface area (Å²) in [5.74, 6) is 1.35. The predicted octanol–water partition coefficient (Wildman–Crippen LogP) is 3.84. The summed E-state index contributed by atoms with van der Waals surface area (Å²) in [6.07, 6.45) is 0. The largest absolute Gasteiger partial charge is 0.497 e. The molecule has 0 amide bonds. The van der Waals surface area contributed by atoms with Gasteiger partial charge in [0.05, 0.1) is 12.8 Å². The van der Waals surface area contributed by atoms with Crippen LogP contribution in [0.3, 0.4) is 0 Å². The number of nitrogens with zero attached hydrogens (tertiary/aromatic N) is 4. The van der Waals surface area contributed by atoms with E-state index in [4.69, 9.17) is 15.1 Å². The quantitative estimate of drug-likeness (QED) is 0.542. The molecule has 0 aliphatic carbocycles. The second-order valence-electron chi connectivity index (χ2n) is 6.18. The summed E-state index contributed by atoms with van der Waals surface area (Å²) in [6.45, 7) is 2.02. The summed E-state index contributed by atoms with van der Waals surface area (Å²) in [7, 11) is 1.63. The van der Waals surface area contributed by atoms with Crippen molar-refractivity contribution in [3.63, 3.8) is 0 Å². The van der Waals surface area contributed by atoms with Crippen LogP contribution in [0.2, 0.25) is 0 Å². The van der Waals surface area contributed by atoms with Gasteiger partial charge in [-0.25, -0.2) is 14.6 Å². The molecule has 4 rings (SSSR count). The van der Waals surface area contributed by atoms with Crippen LogP contribution in [-0.4, -0.2) is 27.4 Å². The molecular formula is C20H18N6O2. The number of nitrogens with one attached hydrogen (secondary N) is 1. The lowest BCUT2D eigenvalue weighted by Gasteiger charge is -2.10. The Morgan fingerprint density at radius 1 is 0.964 bits per heavy atom. The molecule has 0 saturated heterocycles. The number of benzene rings is 2. The van der Waals surface area contributed by atoms with Crippen LogP contribution in [0.5, 0.6) is 5.75 Å². The fourth-order valence-electron chi connectivity index (χ4n) is 2.76. The maximum atomic E-state index is 5.86. The van der Waals surface area contributed by atoms with Gasteiger partial charge in [-0.15, -0.1) is 0 Å². The Kier molecular flexibility index (Phi) is 4.59. The van der Waals surface area contributed by atoms with Gasteiger partial charge in [0.15, 0.2) is 11.5 Å². The molecule has 4 aromatic rings. The molecule has 2 aromatic heterocycles. The lowest BCUT2D eigenvalue weighted by atomic mass is 10.1. The van der Waals surface area contributed by atoms with E-state index in [-0.39, 0.29) is 5.82 Å². The molecule has 0 unspecified atom stereocenters. The average molecular weight is 374 g/mol. The molecular weight excluding hydrogens is 356 g/mol. The fourth-order valence-corrected chi connectivity index (χ4v) is 2.76. The first-order chi connectivity index (χ1) is 13.6. The molecule has 0 radical (unpaired) electrons. The van der Waals surface area contributed by atoms with Crippen molar-refractivity contribution in [2.45, 2.75) is 6.92 Å². The number of nitrogens with two attached hydrogens (primary N) is 1. The molecule has 28 heavy (non-hydrogen) atoms. The van der Waals surface area contributed by atoms with Crippen LogP contribution in [0.1, 0.15) is 5.56 Å². The summed E-state index contributed by atoms with van der Waals surface area (Å²) >= 11 is 0. The summed E-state index contributed by atoms with van der Waals surface area (Å²) in [6, 6.07) is 17.3. The Hall–Kier alpha value is -3.94. The Balaban J connectivity index is 1.79. The molecule has 0 bridgehead atoms. The Morgan fingerprint density at radius 2 is 1.75 bits per heavy atom. The van der Waals surface area contributed by atoms with E-state index in [1.807, 2.05) is 55.5 Å². The number of methoxy groups -OCH3 is 1. The zero-order valence-corrected chi connectivity index (χ0v) is 15.4. The third-order valence-electron chi connectivity index (χ3n) is 4.14. The third-order valence-corrected chi connectivity index (χ3v) is 4.14. The first-order valence-corrected chi connectivity index (χ1v) is 8.58. The number of hydrogen-bond acceptors (Lipinski definition) is 8. The summed E-state index contributed by atoms with van der Waals surface area (Å²) in [5, 5.41) is 10.7. The maximum absolute atomic E-state index is 5.86. The molecule has 0 spiro atoms. The molecule has 2 heterocycles. The van der Waals surface area contributed by atoms with Gasteiger partial charge in [-0.2, -0.15) is 0 Å². The van der Waals surface area contributed by atoms with E-state index >= 15 is 0 Å². The zero-order valence-electron chi connectivity index (χ0n) is 15.4. The van der Waals surface area contributed by atoms with Crippen molar-refractivity contribution in [2.24, 2.45) is 0 Å². The number of anilines is 3. The van der Waals surface area contributed by atoms with E-state index in [1.54, 1.807) is 13.2 Å². The van der Waals surface area contributed by atoms with E-state index in [0.29, 0.717) is 23.0 Å². The highest BCUT2D eigenvalue weighted by molar-refractivity contribution is 5.73. The van der Waals surface area contributed by atoms with Crippen molar-refractivity contribution in [3.05, 3.63) is 60.2 Å². The number of rotatable bonds is 5. The number of ether oxygens (including phenoxy) is 1. The molecule has 3 N–H and O–H groups in total. The molecule has 8 heteroatoms. The average Bonchev–Trinajstić information content (AvgIpc) is 3.14. The zero-order chi connectivity index (χ0) is 19.5. The minimum Gasteiger partial charge on any atom is -0.497 e. The molecule has 0 saturated carbocycles. The molecule has 140 valence electrons. The molecule has 2 aromatic carbocycles. The normalized spacial score (nSPS) is 10.6. The second kappa shape index (κ2) is 7.36. The lowest BCUT2D eigenvalue weighted by molar-refractivity contribution is 0.310. The van der Waals surface area contributed by atoms with Gasteiger partial charge in [-0.1, -0.05) is 12.1 Å². The van der Waals surface area contributed by atoms with Gasteiger partial charge < -0.3 is 15.8 Å². The predicted molar refractivity (Wildman–Crippen MR) is 106 cm³/mol. The van der Waals surface area contributed by atoms with Crippen LogP contribution in [0.4, 0.5) is 17.5 Å². The van der Waals surface area contributed by atoms with Gasteiger partial charge in [0.2, 0.25) is 5.95 Å². The van der Waals surface area contributed by atoms with Crippen LogP contribution in [0.15, 0.2) is 59.2 Å². The third kappa shape index (κ3) is 3.61. The van der Waals surface area contributed by atoms with Crippen LogP contribution in [0, 0.1) is 6.92 Å². The van der Waals surface area contributed by atoms with Crippen molar-refractivity contribution < 1.29 is 9.37 Å². The standard InChI is InChI=1S/C20H18N6O2/c1-12-4-3-5-14(10-12)22-20-23-16(13-6-8-15(27-2)9-7-13)11-17(24-20)18-19(21)26-28-25-18/h3-11H,1-2H3,(H2,21,26)(H,22,23,24). The summed E-state index contributed by atoms with van der Waals surface area (Å²) in [5.41, 5.74) is 10.3. The van der Waals surface area contributed by atoms with Crippen molar-refractivity contribution in [2.75, 3.05) is 18.2 Å². The van der Waals surface area contributed by atoms with Crippen LogP contribution in [-0.2, 0) is 0 Å². The number of nitrogen functional groups attached to an aromatic ring is 1. The van der Waals surface area contributed by atoms with Crippen LogP contribution >= 0.6 is 0 Å². The monoisotopic (exact) mass is 374 g/mol. The van der Waals surface area contributed by atoms with E-state index in [2.05, 4.69) is 25.6 Å². The van der Waals surface area contributed by atoms with Crippen molar-refractivity contribution in [1.29, 1.82) is 0 Å². The van der Waals surface area contributed by atoms with Gasteiger partial charge in [-0.3, -0.25) is 0 Å². The minimum atomic E-state index is 0.167. The van der Waals surface area contributed by atoms with Crippen molar-refractivity contribution >= 4 is 17.5 Å². The van der Waals surface area contributed by atoms with E-state index < -0.39 is 0 Å². The van der Waals surface area contributed by atoms with Crippen LogP contribution in [0.25, 0.3) is 22.6 Å². The highest BCUT2D eigenvalue weighted by atomic mass is 16.6. The molecule has 0 aliphatic heterocycles. The summed E-state index contributed by atoms with van der Waals surface area (Å²) in [4.78, 5) is 9.17. The number of aromatic nitrogens is 4. The molecule has 0 fully saturated rings. The number of aryl methyl sites for hydroxylation is 1. The van der Waals surface area contributed by atoms with Gasteiger partial charge in [0.25, 0.3) is 0 Å². The lowest BCUT2D eigenvalue weighted by Crippen LogP contribution is -2.01. The highest BCUT2D eigenvalue weighted by Gasteiger charge is 2.15. The first kappa shape index (κ1) is 17.5. The maximum Gasteiger partial charge on any atom is 0.228 e. The molecule has 0 atom stereocenters. The van der Waals surface area contributed by atoms with E-state index in [1.165, 1.54) is 0 Å². The molecule has 8 nitrogen and oxygen atoms in total. The van der Waals surface area contributed by atoms with Gasteiger partial charge >= 0.3 is 0 Å². The van der Waals surface area contributed by atoms with Gasteiger partial charge in [0.1, 0.15) is 11.4 Å². The Morgan fingerprint density at radius 3 is 2.43 bits per heavy atom. The van der Waals surface area contributed by atoms with Gasteiger partial charge in [0, 0.05) is 11.3 Å². The van der Waals surface area contributed by atoms with Crippen molar-refractivity contribution in [3.8, 4) is 28.4 Å². The Labute approximate surface area is 161 Å². The molecule has 0 aliphatic rings. The minimum absolute atomic E-state index is 0.167. The second-order valence-corrected chi connectivity index (χ2v) is 6.18. The SMILES string of the molecule is COc1ccc(-c2cc(-c3nonc3N)nc(Nc3cccc(C)c3)n2)cc1. The Bertz CT molecular complexity index is 1110. The van der Waals surface area contributed by atoms with Crippen LogP contribution < -0.4 is 15.8 Å². The first-order valence-electron chi connectivity index (χ1n) is 8.58. The topological polar surface area (TPSA) is 112 Å². The van der Waals surface area contributed by atoms with E-state index in [0.717, 1.165) is 22.6 Å².